The summed E-state index contributed by atoms with van der Waals surface area (Å²) in [5, 5.41) is 0. The van der Waals surface area contributed by atoms with E-state index in [0.29, 0.717) is 12.1 Å². The first-order valence-corrected chi connectivity index (χ1v) is 5.82. The molecule has 0 radical (unpaired) electrons. The molecule has 1 aliphatic heterocycles. The number of likely N-dealkylation sites (N-methyl/N-ethyl adjacent to an activating group) is 2. The molecule has 1 fully saturated rings. The molecule has 0 bridgehead atoms. The lowest BCUT2D eigenvalue weighted by Gasteiger charge is -2.32. The average molecular weight is 215 g/mol. The molecule has 0 aromatic heterocycles. The van der Waals surface area contributed by atoms with Crippen molar-refractivity contribution in [1.29, 1.82) is 0 Å². The Balaban J connectivity index is 2.16. The summed E-state index contributed by atoms with van der Waals surface area (Å²) in [5.74, 6) is 0. The summed E-state index contributed by atoms with van der Waals surface area (Å²) < 4.78 is 5.71. The van der Waals surface area contributed by atoms with Crippen LogP contribution in [0.3, 0.4) is 0 Å². The van der Waals surface area contributed by atoms with Gasteiger partial charge in [-0.05, 0) is 34.0 Å². The van der Waals surface area contributed by atoms with E-state index < -0.39 is 0 Å². The zero-order valence-corrected chi connectivity index (χ0v) is 10.3. The maximum Gasteiger partial charge on any atom is 0.0829 e. The molecule has 2 atom stereocenters. The highest BCUT2D eigenvalue weighted by Gasteiger charge is 2.18. The third kappa shape index (κ3) is 5.47. The van der Waals surface area contributed by atoms with Gasteiger partial charge < -0.3 is 20.3 Å². The first-order chi connectivity index (χ1) is 7.08. The van der Waals surface area contributed by atoms with Crippen molar-refractivity contribution in [2.75, 3.05) is 46.9 Å². The fourth-order valence-electron chi connectivity index (χ4n) is 1.84. The minimum Gasteiger partial charge on any atom is -0.374 e. The highest BCUT2D eigenvalue weighted by atomic mass is 16.5. The smallest absolute Gasteiger partial charge is 0.0829 e. The molecule has 1 heterocycles. The van der Waals surface area contributed by atoms with E-state index in [-0.39, 0.29) is 0 Å². The van der Waals surface area contributed by atoms with E-state index in [2.05, 4.69) is 30.8 Å². The molecular formula is C11H25N3O. The van der Waals surface area contributed by atoms with Gasteiger partial charge in [-0.25, -0.2) is 0 Å². The number of nitrogens with zero attached hydrogens (tertiary/aromatic N) is 2. The normalized spacial score (nSPS) is 25.8. The van der Waals surface area contributed by atoms with Gasteiger partial charge in [0.1, 0.15) is 0 Å². The first-order valence-electron chi connectivity index (χ1n) is 5.82. The van der Waals surface area contributed by atoms with Crippen LogP contribution in [0, 0.1) is 0 Å². The molecule has 2 unspecified atom stereocenters. The number of nitrogens with two attached hydrogens (primary N) is 1. The number of morpholine rings is 1. The summed E-state index contributed by atoms with van der Waals surface area (Å²) in [5.41, 5.74) is 5.73. The SMILES string of the molecule is CC(N)CCN(C)CC1CN(C)CCO1. The summed E-state index contributed by atoms with van der Waals surface area (Å²) >= 11 is 0. The molecule has 0 spiro atoms. The van der Waals surface area contributed by atoms with Crippen LogP contribution in [0.25, 0.3) is 0 Å². The Bertz CT molecular complexity index is 175. The van der Waals surface area contributed by atoms with Crippen molar-refractivity contribution < 1.29 is 4.74 Å². The Hall–Kier alpha value is -0.160. The number of ether oxygens (including phenoxy) is 1. The van der Waals surface area contributed by atoms with Gasteiger partial charge in [0.25, 0.3) is 0 Å². The lowest BCUT2D eigenvalue weighted by molar-refractivity contribution is -0.0326. The highest BCUT2D eigenvalue weighted by molar-refractivity contribution is 4.72. The van der Waals surface area contributed by atoms with Crippen molar-refractivity contribution in [1.82, 2.24) is 9.80 Å². The van der Waals surface area contributed by atoms with Crippen molar-refractivity contribution in [2.45, 2.75) is 25.5 Å². The molecule has 4 nitrogen and oxygen atoms in total. The van der Waals surface area contributed by atoms with Crippen molar-refractivity contribution in [3.05, 3.63) is 0 Å². The molecule has 4 heteroatoms. The minimum absolute atomic E-state index is 0.294. The van der Waals surface area contributed by atoms with Gasteiger partial charge in [0.15, 0.2) is 0 Å². The van der Waals surface area contributed by atoms with Gasteiger partial charge >= 0.3 is 0 Å². The van der Waals surface area contributed by atoms with E-state index in [9.17, 15) is 0 Å². The van der Waals surface area contributed by atoms with E-state index in [1.807, 2.05) is 0 Å². The molecule has 1 rings (SSSR count). The topological polar surface area (TPSA) is 41.7 Å². The molecule has 0 aromatic carbocycles. The van der Waals surface area contributed by atoms with Crippen molar-refractivity contribution in [3.8, 4) is 0 Å². The van der Waals surface area contributed by atoms with E-state index >= 15 is 0 Å². The lowest BCUT2D eigenvalue weighted by atomic mass is 10.2. The summed E-state index contributed by atoms with van der Waals surface area (Å²) in [4.78, 5) is 4.64. The Morgan fingerprint density at radius 2 is 2.33 bits per heavy atom. The fourth-order valence-corrected chi connectivity index (χ4v) is 1.84. The molecule has 0 aliphatic carbocycles. The van der Waals surface area contributed by atoms with Gasteiger partial charge in [0, 0.05) is 25.7 Å². The number of hydrogen-bond acceptors (Lipinski definition) is 4. The summed E-state index contributed by atoms with van der Waals surface area (Å²) in [6, 6.07) is 0.294. The Morgan fingerprint density at radius 3 is 2.93 bits per heavy atom. The van der Waals surface area contributed by atoms with Crippen LogP contribution in [-0.2, 0) is 4.74 Å². The minimum atomic E-state index is 0.294. The van der Waals surface area contributed by atoms with Crippen LogP contribution in [0.1, 0.15) is 13.3 Å². The Morgan fingerprint density at radius 1 is 1.60 bits per heavy atom. The van der Waals surface area contributed by atoms with Gasteiger partial charge in [-0.2, -0.15) is 0 Å². The van der Waals surface area contributed by atoms with Crippen LogP contribution in [0.4, 0.5) is 0 Å². The third-order valence-corrected chi connectivity index (χ3v) is 2.82. The van der Waals surface area contributed by atoms with Crippen LogP contribution in [-0.4, -0.2) is 68.8 Å². The largest absolute Gasteiger partial charge is 0.374 e. The predicted molar refractivity (Wildman–Crippen MR) is 63.0 cm³/mol. The zero-order chi connectivity index (χ0) is 11.3. The maximum atomic E-state index is 5.73. The second-order valence-electron chi connectivity index (χ2n) is 4.78. The quantitative estimate of drug-likeness (QED) is 0.700. The van der Waals surface area contributed by atoms with Gasteiger partial charge in [-0.3, -0.25) is 0 Å². The van der Waals surface area contributed by atoms with Gasteiger partial charge in [0.05, 0.1) is 12.7 Å². The van der Waals surface area contributed by atoms with Gasteiger partial charge in [0.2, 0.25) is 0 Å². The summed E-state index contributed by atoms with van der Waals surface area (Å²) in [7, 11) is 4.29. The number of rotatable bonds is 5. The molecule has 0 amide bonds. The number of hydrogen-bond donors (Lipinski definition) is 1. The van der Waals surface area contributed by atoms with Gasteiger partial charge in [-0.15, -0.1) is 0 Å². The molecule has 0 aromatic rings. The molecule has 15 heavy (non-hydrogen) atoms. The molecular weight excluding hydrogens is 190 g/mol. The Labute approximate surface area is 93.4 Å². The van der Waals surface area contributed by atoms with Crippen LogP contribution in [0.15, 0.2) is 0 Å². The van der Waals surface area contributed by atoms with Crippen LogP contribution < -0.4 is 5.73 Å². The molecule has 1 aliphatic rings. The van der Waals surface area contributed by atoms with Gasteiger partial charge in [-0.1, -0.05) is 0 Å². The fraction of sp³-hybridized carbons (Fsp3) is 1.00. The monoisotopic (exact) mass is 215 g/mol. The molecule has 1 saturated heterocycles. The summed E-state index contributed by atoms with van der Waals surface area (Å²) in [6.07, 6.45) is 1.42. The highest BCUT2D eigenvalue weighted by Crippen LogP contribution is 2.04. The van der Waals surface area contributed by atoms with E-state index in [1.165, 1.54) is 0 Å². The van der Waals surface area contributed by atoms with Crippen LogP contribution >= 0.6 is 0 Å². The molecule has 2 N–H and O–H groups in total. The van der Waals surface area contributed by atoms with Crippen molar-refractivity contribution >= 4 is 0 Å². The second-order valence-corrected chi connectivity index (χ2v) is 4.78. The predicted octanol–water partition coefficient (Wildman–Crippen LogP) is -0.0139. The Kier molecular flexibility index (Phi) is 5.53. The molecule has 90 valence electrons. The maximum absolute atomic E-state index is 5.73. The van der Waals surface area contributed by atoms with E-state index in [1.54, 1.807) is 0 Å². The first kappa shape index (κ1) is 12.9. The second kappa shape index (κ2) is 6.43. The van der Waals surface area contributed by atoms with E-state index in [0.717, 1.165) is 39.2 Å². The lowest BCUT2D eigenvalue weighted by Crippen LogP contribution is -2.45. The average Bonchev–Trinajstić information content (AvgIpc) is 2.15. The standard InChI is InChI=1S/C11H25N3O/c1-10(12)4-5-13(2)8-11-9-14(3)6-7-15-11/h10-11H,4-9,12H2,1-3H3. The van der Waals surface area contributed by atoms with Crippen molar-refractivity contribution in [3.63, 3.8) is 0 Å². The zero-order valence-electron chi connectivity index (χ0n) is 10.3. The summed E-state index contributed by atoms with van der Waals surface area (Å²) in [6.45, 7) is 7.09. The van der Waals surface area contributed by atoms with E-state index in [4.69, 9.17) is 10.5 Å². The van der Waals surface area contributed by atoms with Crippen LogP contribution in [0.5, 0.6) is 0 Å². The van der Waals surface area contributed by atoms with Crippen LogP contribution in [0.2, 0.25) is 0 Å². The van der Waals surface area contributed by atoms with Crippen molar-refractivity contribution in [2.24, 2.45) is 5.73 Å². The third-order valence-electron chi connectivity index (χ3n) is 2.82. The molecule has 0 saturated carbocycles.